The predicted octanol–water partition coefficient (Wildman–Crippen LogP) is 2.78. The molecule has 1 rings (SSSR count). The van der Waals surface area contributed by atoms with Crippen LogP contribution >= 0.6 is 15.9 Å². The number of benzene rings is 1. The molecule has 0 N–H and O–H groups in total. The summed E-state index contributed by atoms with van der Waals surface area (Å²) in [6, 6.07) is 6.99. The average molecular weight is 273 g/mol. The van der Waals surface area contributed by atoms with Crippen molar-refractivity contribution in [1.29, 1.82) is 0 Å². The standard InChI is InChI=1S/C11H13BrO3/c1-9(13)15-11-5-3-10(4-6-11)14-8-2-7-12/h3-6H,2,7-8H2,1H3. The molecular formula is C11H13BrO3. The van der Waals surface area contributed by atoms with E-state index in [1.54, 1.807) is 24.3 Å². The molecule has 0 fully saturated rings. The molecule has 0 saturated heterocycles. The Morgan fingerprint density at radius 2 is 1.87 bits per heavy atom. The van der Waals surface area contributed by atoms with Crippen LogP contribution in [0.3, 0.4) is 0 Å². The lowest BCUT2D eigenvalue weighted by molar-refractivity contribution is -0.131. The van der Waals surface area contributed by atoms with Gasteiger partial charge in [0.05, 0.1) is 6.61 Å². The number of hydrogen-bond donors (Lipinski definition) is 0. The molecule has 82 valence electrons. The Morgan fingerprint density at radius 1 is 1.27 bits per heavy atom. The Morgan fingerprint density at radius 3 is 2.40 bits per heavy atom. The van der Waals surface area contributed by atoms with Crippen molar-refractivity contribution >= 4 is 21.9 Å². The molecule has 0 spiro atoms. The molecule has 0 radical (unpaired) electrons. The van der Waals surface area contributed by atoms with E-state index >= 15 is 0 Å². The van der Waals surface area contributed by atoms with E-state index in [-0.39, 0.29) is 5.97 Å². The van der Waals surface area contributed by atoms with Crippen LogP contribution in [0.4, 0.5) is 0 Å². The van der Waals surface area contributed by atoms with E-state index in [0.29, 0.717) is 12.4 Å². The summed E-state index contributed by atoms with van der Waals surface area (Å²) < 4.78 is 10.3. The molecule has 0 bridgehead atoms. The number of alkyl halides is 1. The SMILES string of the molecule is CC(=O)Oc1ccc(OCCCBr)cc1. The van der Waals surface area contributed by atoms with Crippen LogP contribution in [0.1, 0.15) is 13.3 Å². The van der Waals surface area contributed by atoms with Crippen LogP contribution in [0.2, 0.25) is 0 Å². The van der Waals surface area contributed by atoms with Crippen LogP contribution in [0.25, 0.3) is 0 Å². The topological polar surface area (TPSA) is 35.5 Å². The molecule has 0 saturated carbocycles. The monoisotopic (exact) mass is 272 g/mol. The first-order valence-electron chi connectivity index (χ1n) is 4.69. The minimum Gasteiger partial charge on any atom is -0.494 e. The highest BCUT2D eigenvalue weighted by atomic mass is 79.9. The van der Waals surface area contributed by atoms with Crippen molar-refractivity contribution in [1.82, 2.24) is 0 Å². The zero-order valence-corrected chi connectivity index (χ0v) is 10.1. The van der Waals surface area contributed by atoms with Gasteiger partial charge in [0.1, 0.15) is 11.5 Å². The third-order valence-electron chi connectivity index (χ3n) is 1.63. The normalized spacial score (nSPS) is 9.73. The first-order valence-corrected chi connectivity index (χ1v) is 5.82. The van der Waals surface area contributed by atoms with Crippen LogP contribution in [-0.4, -0.2) is 17.9 Å². The maximum Gasteiger partial charge on any atom is 0.308 e. The Balaban J connectivity index is 2.45. The van der Waals surface area contributed by atoms with E-state index in [0.717, 1.165) is 17.5 Å². The van der Waals surface area contributed by atoms with E-state index in [1.807, 2.05) is 0 Å². The van der Waals surface area contributed by atoms with Gasteiger partial charge in [0.15, 0.2) is 0 Å². The highest BCUT2D eigenvalue weighted by molar-refractivity contribution is 9.09. The smallest absolute Gasteiger partial charge is 0.308 e. The fraction of sp³-hybridized carbons (Fsp3) is 0.364. The predicted molar refractivity (Wildman–Crippen MR) is 61.7 cm³/mol. The van der Waals surface area contributed by atoms with Gasteiger partial charge in [-0.3, -0.25) is 4.79 Å². The average Bonchev–Trinajstić information content (AvgIpc) is 2.20. The lowest BCUT2D eigenvalue weighted by Crippen LogP contribution is -2.01. The molecule has 1 aromatic rings. The Bertz CT molecular complexity index is 308. The summed E-state index contributed by atoms with van der Waals surface area (Å²) >= 11 is 3.32. The summed E-state index contributed by atoms with van der Waals surface area (Å²) in [4.78, 5) is 10.7. The highest BCUT2D eigenvalue weighted by Crippen LogP contribution is 2.17. The van der Waals surface area contributed by atoms with Crippen molar-refractivity contribution in [2.45, 2.75) is 13.3 Å². The molecule has 0 heterocycles. The van der Waals surface area contributed by atoms with Gasteiger partial charge in [-0.2, -0.15) is 0 Å². The second-order valence-corrected chi connectivity index (χ2v) is 3.75. The van der Waals surface area contributed by atoms with Gasteiger partial charge < -0.3 is 9.47 Å². The summed E-state index contributed by atoms with van der Waals surface area (Å²) in [6.45, 7) is 2.05. The molecule has 0 unspecified atom stereocenters. The molecule has 0 aliphatic heterocycles. The molecule has 0 aromatic heterocycles. The van der Waals surface area contributed by atoms with Gasteiger partial charge in [-0.1, -0.05) is 15.9 Å². The first-order chi connectivity index (χ1) is 7.22. The van der Waals surface area contributed by atoms with Crippen molar-refractivity contribution in [3.63, 3.8) is 0 Å². The quantitative estimate of drug-likeness (QED) is 0.358. The maximum atomic E-state index is 10.7. The second-order valence-electron chi connectivity index (χ2n) is 2.96. The molecule has 1 aromatic carbocycles. The number of ether oxygens (including phenoxy) is 2. The molecule has 0 aliphatic rings. The first kappa shape index (κ1) is 12.0. The van der Waals surface area contributed by atoms with E-state index in [9.17, 15) is 4.79 Å². The van der Waals surface area contributed by atoms with Crippen LogP contribution in [0.5, 0.6) is 11.5 Å². The van der Waals surface area contributed by atoms with Gasteiger partial charge >= 0.3 is 5.97 Å². The fourth-order valence-corrected chi connectivity index (χ4v) is 1.24. The molecule has 0 atom stereocenters. The fourth-order valence-electron chi connectivity index (χ4n) is 1.01. The Hall–Kier alpha value is -1.03. The highest BCUT2D eigenvalue weighted by Gasteiger charge is 1.98. The number of hydrogen-bond acceptors (Lipinski definition) is 3. The molecule has 15 heavy (non-hydrogen) atoms. The lowest BCUT2D eigenvalue weighted by Gasteiger charge is -2.05. The van der Waals surface area contributed by atoms with Crippen molar-refractivity contribution in [3.05, 3.63) is 24.3 Å². The van der Waals surface area contributed by atoms with Crippen molar-refractivity contribution in [2.75, 3.05) is 11.9 Å². The van der Waals surface area contributed by atoms with Crippen molar-refractivity contribution in [3.8, 4) is 11.5 Å². The van der Waals surface area contributed by atoms with E-state index in [4.69, 9.17) is 9.47 Å². The summed E-state index contributed by atoms with van der Waals surface area (Å²) in [5, 5.41) is 0.929. The summed E-state index contributed by atoms with van der Waals surface area (Å²) in [5.74, 6) is 1.00. The Labute approximate surface area is 97.5 Å². The van der Waals surface area contributed by atoms with E-state index in [2.05, 4.69) is 15.9 Å². The van der Waals surface area contributed by atoms with Gasteiger partial charge in [-0.15, -0.1) is 0 Å². The number of carbonyl (C=O) groups is 1. The maximum absolute atomic E-state index is 10.7. The van der Waals surface area contributed by atoms with Gasteiger partial charge in [-0.05, 0) is 30.7 Å². The minimum atomic E-state index is -0.317. The third-order valence-corrected chi connectivity index (χ3v) is 2.19. The second kappa shape index (κ2) is 6.45. The number of carbonyl (C=O) groups excluding carboxylic acids is 1. The van der Waals surface area contributed by atoms with Gasteiger partial charge in [0.25, 0.3) is 0 Å². The lowest BCUT2D eigenvalue weighted by atomic mass is 10.3. The van der Waals surface area contributed by atoms with Crippen LogP contribution in [0.15, 0.2) is 24.3 Å². The minimum absolute atomic E-state index is 0.317. The third kappa shape index (κ3) is 4.83. The summed E-state index contributed by atoms with van der Waals surface area (Å²) in [7, 11) is 0. The summed E-state index contributed by atoms with van der Waals surface area (Å²) in [6.07, 6.45) is 0.964. The van der Waals surface area contributed by atoms with Gasteiger partial charge in [0.2, 0.25) is 0 Å². The number of esters is 1. The van der Waals surface area contributed by atoms with Gasteiger partial charge in [0, 0.05) is 12.3 Å². The molecule has 3 nitrogen and oxygen atoms in total. The number of halogens is 1. The van der Waals surface area contributed by atoms with E-state index in [1.165, 1.54) is 6.92 Å². The van der Waals surface area contributed by atoms with Crippen LogP contribution in [-0.2, 0) is 4.79 Å². The number of rotatable bonds is 5. The Kier molecular flexibility index (Phi) is 5.18. The van der Waals surface area contributed by atoms with Crippen LogP contribution < -0.4 is 9.47 Å². The molecule has 4 heteroatoms. The van der Waals surface area contributed by atoms with Gasteiger partial charge in [-0.25, -0.2) is 0 Å². The zero-order chi connectivity index (χ0) is 11.1. The molecule has 0 aliphatic carbocycles. The largest absolute Gasteiger partial charge is 0.494 e. The summed E-state index contributed by atoms with van der Waals surface area (Å²) in [5.41, 5.74) is 0. The molecule has 0 amide bonds. The van der Waals surface area contributed by atoms with Crippen molar-refractivity contribution in [2.24, 2.45) is 0 Å². The van der Waals surface area contributed by atoms with Crippen molar-refractivity contribution < 1.29 is 14.3 Å². The van der Waals surface area contributed by atoms with Crippen LogP contribution in [0, 0.1) is 0 Å². The zero-order valence-electron chi connectivity index (χ0n) is 8.53. The van der Waals surface area contributed by atoms with E-state index < -0.39 is 0 Å². The molecular weight excluding hydrogens is 260 g/mol.